The molecule has 0 saturated heterocycles. The number of ketones is 1. The van der Waals surface area contributed by atoms with Crippen LogP contribution in [-0.2, 0) is 6.42 Å². The molecule has 0 unspecified atom stereocenters. The smallest absolute Gasteiger partial charge is 0.171 e. The van der Waals surface area contributed by atoms with E-state index in [9.17, 15) is 9.18 Å². The molecular weight excluding hydrogens is 271 g/mol. The van der Waals surface area contributed by atoms with Crippen LogP contribution in [0.1, 0.15) is 15.9 Å². The number of hydrogen-bond donors (Lipinski definition) is 0. The van der Waals surface area contributed by atoms with Crippen LogP contribution in [-0.4, -0.2) is 22.5 Å². The fourth-order valence-electron chi connectivity index (χ4n) is 2.25. The van der Waals surface area contributed by atoms with Crippen molar-refractivity contribution in [3.05, 3.63) is 65.7 Å². The Kier molecular flexibility index (Phi) is 3.39. The first kappa shape index (κ1) is 13.3. The molecule has 0 spiro atoms. The maximum Gasteiger partial charge on any atom is 0.171 e. The molecule has 21 heavy (non-hydrogen) atoms. The van der Waals surface area contributed by atoms with Gasteiger partial charge in [0, 0.05) is 12.6 Å². The maximum absolute atomic E-state index is 13.6. The number of benzene rings is 1. The Balaban J connectivity index is 1.88. The van der Waals surface area contributed by atoms with Gasteiger partial charge in [0.25, 0.3) is 0 Å². The van der Waals surface area contributed by atoms with E-state index < -0.39 is 5.82 Å². The molecule has 0 aliphatic carbocycles. The summed E-state index contributed by atoms with van der Waals surface area (Å²) in [6, 6.07) is 10.0. The van der Waals surface area contributed by atoms with Gasteiger partial charge in [0.05, 0.1) is 24.4 Å². The summed E-state index contributed by atoms with van der Waals surface area (Å²) in [6.45, 7) is 0. The molecule has 5 heteroatoms. The summed E-state index contributed by atoms with van der Waals surface area (Å²) in [7, 11) is 1.40. The van der Waals surface area contributed by atoms with Crippen molar-refractivity contribution in [3.8, 4) is 5.75 Å². The molecule has 0 atom stereocenters. The van der Waals surface area contributed by atoms with E-state index in [1.54, 1.807) is 16.8 Å². The molecule has 0 fully saturated rings. The van der Waals surface area contributed by atoms with Crippen molar-refractivity contribution < 1.29 is 13.9 Å². The molecular formula is C16H13FN2O2. The molecule has 3 rings (SSSR count). The predicted molar refractivity (Wildman–Crippen MR) is 76.2 cm³/mol. The van der Waals surface area contributed by atoms with E-state index in [2.05, 4.69) is 5.10 Å². The van der Waals surface area contributed by atoms with E-state index >= 15 is 0 Å². The van der Waals surface area contributed by atoms with E-state index in [0.717, 1.165) is 5.52 Å². The molecule has 2 aromatic heterocycles. The highest BCUT2D eigenvalue weighted by Gasteiger charge is 2.14. The molecule has 0 radical (unpaired) electrons. The number of halogens is 1. The van der Waals surface area contributed by atoms with Gasteiger partial charge in [-0.3, -0.25) is 4.79 Å². The summed E-state index contributed by atoms with van der Waals surface area (Å²) in [5.74, 6) is -0.398. The number of ether oxygens (including phenoxy) is 1. The lowest BCUT2D eigenvalue weighted by Crippen LogP contribution is -2.04. The first-order valence-electron chi connectivity index (χ1n) is 6.47. The fraction of sp³-hybridized carbons (Fsp3) is 0.125. The van der Waals surface area contributed by atoms with Gasteiger partial charge < -0.3 is 4.74 Å². The Bertz CT molecular complexity index is 811. The van der Waals surface area contributed by atoms with Crippen molar-refractivity contribution in [1.29, 1.82) is 0 Å². The van der Waals surface area contributed by atoms with Crippen LogP contribution in [0.5, 0.6) is 5.75 Å². The average Bonchev–Trinajstić information content (AvgIpc) is 2.91. The third kappa shape index (κ3) is 2.50. The molecule has 0 saturated carbocycles. The minimum Gasteiger partial charge on any atom is -0.494 e. The second kappa shape index (κ2) is 5.36. The first-order valence-corrected chi connectivity index (χ1v) is 6.47. The van der Waals surface area contributed by atoms with Gasteiger partial charge in [0.15, 0.2) is 17.3 Å². The summed E-state index contributed by atoms with van der Waals surface area (Å²) in [5, 5.41) is 4.13. The van der Waals surface area contributed by atoms with Crippen molar-refractivity contribution in [1.82, 2.24) is 9.61 Å². The Morgan fingerprint density at radius 1 is 1.33 bits per heavy atom. The van der Waals surface area contributed by atoms with Gasteiger partial charge in [-0.15, -0.1) is 0 Å². The zero-order valence-corrected chi connectivity index (χ0v) is 11.4. The standard InChI is InChI=1S/C16H13FN2O2/c1-21-16-6-5-11(8-13(16)17)9-15(20)12-10-18-19-7-3-2-4-14(12)19/h2-8,10H,9H2,1H3. The molecule has 0 N–H and O–H groups in total. The van der Waals surface area contributed by atoms with Gasteiger partial charge in [-0.2, -0.15) is 5.10 Å². The van der Waals surface area contributed by atoms with Crippen molar-refractivity contribution >= 4 is 11.3 Å². The SMILES string of the molecule is COc1ccc(CC(=O)c2cnn3ccccc23)cc1F. The van der Waals surface area contributed by atoms with Gasteiger partial charge in [0.2, 0.25) is 0 Å². The highest BCUT2D eigenvalue weighted by atomic mass is 19.1. The summed E-state index contributed by atoms with van der Waals surface area (Å²) in [4.78, 5) is 12.3. The van der Waals surface area contributed by atoms with Gasteiger partial charge in [-0.1, -0.05) is 12.1 Å². The largest absolute Gasteiger partial charge is 0.494 e. The van der Waals surface area contributed by atoms with E-state index in [4.69, 9.17) is 4.74 Å². The molecule has 4 nitrogen and oxygen atoms in total. The van der Waals surface area contributed by atoms with Crippen molar-refractivity contribution in [2.45, 2.75) is 6.42 Å². The van der Waals surface area contributed by atoms with E-state index in [1.165, 1.54) is 25.4 Å². The molecule has 106 valence electrons. The number of rotatable bonds is 4. The Morgan fingerprint density at radius 3 is 2.95 bits per heavy atom. The highest BCUT2D eigenvalue weighted by Crippen LogP contribution is 2.19. The molecule has 1 aromatic carbocycles. The maximum atomic E-state index is 13.6. The summed E-state index contributed by atoms with van der Waals surface area (Å²) < 4.78 is 20.1. The van der Waals surface area contributed by atoms with Crippen LogP contribution in [0.2, 0.25) is 0 Å². The van der Waals surface area contributed by atoms with Crippen LogP contribution in [0.25, 0.3) is 5.52 Å². The molecule has 2 heterocycles. The highest BCUT2D eigenvalue weighted by molar-refractivity contribution is 6.03. The van der Waals surface area contributed by atoms with Crippen LogP contribution < -0.4 is 4.74 Å². The van der Waals surface area contributed by atoms with Crippen LogP contribution in [0.3, 0.4) is 0 Å². The number of carbonyl (C=O) groups is 1. The molecule has 0 aliphatic rings. The lowest BCUT2D eigenvalue weighted by atomic mass is 10.0. The number of fused-ring (bicyclic) bond motifs is 1. The minimum absolute atomic E-state index is 0.0965. The molecule has 3 aromatic rings. The van der Waals surface area contributed by atoms with Crippen molar-refractivity contribution in [2.75, 3.05) is 7.11 Å². The average molecular weight is 284 g/mol. The van der Waals surface area contributed by atoms with Crippen molar-refractivity contribution in [3.63, 3.8) is 0 Å². The number of carbonyl (C=O) groups excluding carboxylic acids is 1. The molecule has 0 amide bonds. The number of hydrogen-bond acceptors (Lipinski definition) is 3. The summed E-state index contributed by atoms with van der Waals surface area (Å²) in [6.07, 6.45) is 3.44. The lowest BCUT2D eigenvalue weighted by molar-refractivity contribution is 0.0994. The Hall–Kier alpha value is -2.69. The van der Waals surface area contributed by atoms with Crippen LogP contribution >= 0.6 is 0 Å². The number of aromatic nitrogens is 2. The number of methoxy groups -OCH3 is 1. The summed E-state index contributed by atoms with van der Waals surface area (Å²) in [5.41, 5.74) is 1.89. The zero-order valence-electron chi connectivity index (χ0n) is 11.4. The second-order valence-electron chi connectivity index (χ2n) is 4.66. The second-order valence-corrected chi connectivity index (χ2v) is 4.66. The molecule has 0 aliphatic heterocycles. The van der Waals surface area contributed by atoms with E-state index in [1.807, 2.05) is 18.2 Å². The van der Waals surface area contributed by atoms with Gasteiger partial charge in [-0.05, 0) is 29.8 Å². The monoisotopic (exact) mass is 284 g/mol. The van der Waals surface area contributed by atoms with Crippen molar-refractivity contribution in [2.24, 2.45) is 0 Å². The van der Waals surface area contributed by atoms with Crippen LogP contribution in [0, 0.1) is 5.82 Å². The predicted octanol–water partition coefficient (Wildman–Crippen LogP) is 2.91. The van der Waals surface area contributed by atoms with E-state index in [0.29, 0.717) is 11.1 Å². The lowest BCUT2D eigenvalue weighted by Gasteiger charge is -2.04. The van der Waals surface area contributed by atoms with Gasteiger partial charge in [0.1, 0.15) is 0 Å². The van der Waals surface area contributed by atoms with E-state index in [-0.39, 0.29) is 18.0 Å². The molecule has 0 bridgehead atoms. The van der Waals surface area contributed by atoms with Gasteiger partial charge in [-0.25, -0.2) is 8.91 Å². The Morgan fingerprint density at radius 2 is 2.19 bits per heavy atom. The van der Waals surface area contributed by atoms with Crippen LogP contribution in [0.4, 0.5) is 4.39 Å². The zero-order chi connectivity index (χ0) is 14.8. The summed E-state index contributed by atoms with van der Waals surface area (Å²) >= 11 is 0. The normalized spacial score (nSPS) is 10.8. The number of Topliss-reactive ketones (excluding diaryl/α,β-unsaturated/α-hetero) is 1. The third-order valence-corrected chi connectivity index (χ3v) is 3.31. The van der Waals surface area contributed by atoms with Gasteiger partial charge >= 0.3 is 0 Å². The first-order chi connectivity index (χ1) is 10.2. The topological polar surface area (TPSA) is 43.6 Å². The van der Waals surface area contributed by atoms with Crippen LogP contribution in [0.15, 0.2) is 48.8 Å². The quantitative estimate of drug-likeness (QED) is 0.692. The Labute approximate surface area is 120 Å². The fourth-order valence-corrected chi connectivity index (χ4v) is 2.25. The number of pyridine rings is 1. The number of nitrogens with zero attached hydrogens (tertiary/aromatic N) is 2. The minimum atomic E-state index is -0.470. The third-order valence-electron chi connectivity index (χ3n) is 3.31.